The molecule has 1 aromatic rings. The number of rotatable bonds is 2. The van der Waals surface area contributed by atoms with Crippen molar-refractivity contribution >= 4 is 5.82 Å². The Morgan fingerprint density at radius 2 is 2.18 bits per heavy atom. The minimum atomic E-state index is 0.528. The van der Waals surface area contributed by atoms with Crippen molar-refractivity contribution in [1.82, 2.24) is 4.98 Å². The maximum Gasteiger partial charge on any atom is 0.123 e. The van der Waals surface area contributed by atoms with Crippen molar-refractivity contribution < 1.29 is 0 Å². The lowest BCUT2D eigenvalue weighted by atomic mass is 10.2. The van der Waals surface area contributed by atoms with E-state index < -0.39 is 0 Å². The first-order chi connectivity index (χ1) is 5.26. The molecule has 0 saturated heterocycles. The first-order valence-electron chi connectivity index (χ1n) is 3.71. The van der Waals surface area contributed by atoms with Crippen LogP contribution in [0.25, 0.3) is 0 Å². The molecule has 4 N–H and O–H groups in total. The van der Waals surface area contributed by atoms with Gasteiger partial charge in [-0.2, -0.15) is 0 Å². The van der Waals surface area contributed by atoms with Gasteiger partial charge < -0.3 is 11.5 Å². The lowest BCUT2D eigenvalue weighted by Gasteiger charge is -2.01. The molecular formula is C8H13N3. The van der Waals surface area contributed by atoms with E-state index in [1.165, 1.54) is 0 Å². The van der Waals surface area contributed by atoms with Gasteiger partial charge in [-0.3, -0.25) is 0 Å². The van der Waals surface area contributed by atoms with Crippen LogP contribution in [0.15, 0.2) is 12.1 Å². The van der Waals surface area contributed by atoms with Gasteiger partial charge >= 0.3 is 0 Å². The standard InChI is InChI=1S/C8H13N3/c1-2-7-3-6(5-9)4-8(10)11-7/h3-4H,2,5,9H2,1H3,(H2,10,11). The van der Waals surface area contributed by atoms with Gasteiger partial charge in [0, 0.05) is 12.2 Å². The van der Waals surface area contributed by atoms with Crippen LogP contribution >= 0.6 is 0 Å². The van der Waals surface area contributed by atoms with Crippen LogP contribution in [0.5, 0.6) is 0 Å². The molecular weight excluding hydrogens is 138 g/mol. The molecule has 3 nitrogen and oxygen atoms in total. The van der Waals surface area contributed by atoms with Gasteiger partial charge in [-0.05, 0) is 24.1 Å². The summed E-state index contributed by atoms with van der Waals surface area (Å²) in [7, 11) is 0. The highest BCUT2D eigenvalue weighted by Gasteiger charge is 1.96. The molecule has 0 radical (unpaired) electrons. The summed E-state index contributed by atoms with van der Waals surface area (Å²) in [5.41, 5.74) is 13.1. The van der Waals surface area contributed by atoms with Crippen LogP contribution in [0, 0.1) is 0 Å². The number of hydrogen-bond acceptors (Lipinski definition) is 3. The molecule has 0 bridgehead atoms. The summed E-state index contributed by atoms with van der Waals surface area (Å²) in [4.78, 5) is 4.12. The van der Waals surface area contributed by atoms with Gasteiger partial charge in [0.05, 0.1) is 0 Å². The first kappa shape index (κ1) is 8.01. The number of anilines is 1. The van der Waals surface area contributed by atoms with Crippen LogP contribution in [-0.2, 0) is 13.0 Å². The molecule has 0 unspecified atom stereocenters. The Hall–Kier alpha value is -1.09. The minimum absolute atomic E-state index is 0.528. The Labute approximate surface area is 66.4 Å². The predicted molar refractivity (Wildman–Crippen MR) is 45.9 cm³/mol. The fourth-order valence-electron chi connectivity index (χ4n) is 0.975. The number of nitrogens with zero attached hydrogens (tertiary/aromatic N) is 1. The monoisotopic (exact) mass is 151 g/mol. The van der Waals surface area contributed by atoms with Crippen molar-refractivity contribution in [2.75, 3.05) is 5.73 Å². The molecule has 0 amide bonds. The summed E-state index contributed by atoms with van der Waals surface area (Å²) in [5, 5.41) is 0. The van der Waals surface area contributed by atoms with E-state index in [0.717, 1.165) is 17.7 Å². The van der Waals surface area contributed by atoms with E-state index in [1.54, 1.807) is 6.07 Å². The zero-order valence-electron chi connectivity index (χ0n) is 6.67. The van der Waals surface area contributed by atoms with Gasteiger partial charge in [0.15, 0.2) is 0 Å². The minimum Gasteiger partial charge on any atom is -0.384 e. The second-order valence-corrected chi connectivity index (χ2v) is 2.45. The number of aromatic nitrogens is 1. The molecule has 11 heavy (non-hydrogen) atoms. The maximum atomic E-state index is 5.54. The van der Waals surface area contributed by atoms with Crippen molar-refractivity contribution in [3.63, 3.8) is 0 Å². The Kier molecular flexibility index (Phi) is 2.44. The Morgan fingerprint density at radius 3 is 2.73 bits per heavy atom. The normalized spacial score (nSPS) is 10.0. The van der Waals surface area contributed by atoms with E-state index in [-0.39, 0.29) is 0 Å². The topological polar surface area (TPSA) is 64.9 Å². The summed E-state index contributed by atoms with van der Waals surface area (Å²) < 4.78 is 0. The molecule has 0 atom stereocenters. The lowest BCUT2D eigenvalue weighted by Crippen LogP contribution is -2.01. The van der Waals surface area contributed by atoms with Gasteiger partial charge in [-0.1, -0.05) is 6.92 Å². The summed E-state index contributed by atoms with van der Waals surface area (Å²) in [6, 6.07) is 3.79. The second-order valence-electron chi connectivity index (χ2n) is 2.45. The van der Waals surface area contributed by atoms with Crippen molar-refractivity contribution in [2.45, 2.75) is 19.9 Å². The summed E-state index contributed by atoms with van der Waals surface area (Å²) >= 11 is 0. The average molecular weight is 151 g/mol. The third kappa shape index (κ3) is 1.91. The van der Waals surface area contributed by atoms with Crippen LogP contribution < -0.4 is 11.5 Å². The average Bonchev–Trinajstić information content (AvgIpc) is 2.03. The molecule has 1 rings (SSSR count). The molecule has 0 aliphatic rings. The number of aryl methyl sites for hydroxylation is 1. The molecule has 0 aliphatic carbocycles. The highest BCUT2D eigenvalue weighted by molar-refractivity contribution is 5.34. The summed E-state index contributed by atoms with van der Waals surface area (Å²) in [5.74, 6) is 0.560. The van der Waals surface area contributed by atoms with Gasteiger partial charge in [0.2, 0.25) is 0 Å². The fraction of sp³-hybridized carbons (Fsp3) is 0.375. The lowest BCUT2D eigenvalue weighted by molar-refractivity contribution is 0.996. The summed E-state index contributed by atoms with van der Waals surface area (Å²) in [6.07, 6.45) is 0.901. The van der Waals surface area contributed by atoms with Crippen LogP contribution in [0.4, 0.5) is 5.82 Å². The molecule has 1 aromatic heterocycles. The van der Waals surface area contributed by atoms with Crippen LogP contribution in [-0.4, -0.2) is 4.98 Å². The van der Waals surface area contributed by atoms with E-state index in [0.29, 0.717) is 12.4 Å². The van der Waals surface area contributed by atoms with E-state index in [9.17, 15) is 0 Å². The van der Waals surface area contributed by atoms with Crippen LogP contribution in [0.1, 0.15) is 18.2 Å². The van der Waals surface area contributed by atoms with E-state index in [4.69, 9.17) is 11.5 Å². The molecule has 0 fully saturated rings. The smallest absolute Gasteiger partial charge is 0.123 e. The van der Waals surface area contributed by atoms with E-state index >= 15 is 0 Å². The van der Waals surface area contributed by atoms with Gasteiger partial charge in [-0.15, -0.1) is 0 Å². The number of pyridine rings is 1. The second kappa shape index (κ2) is 3.34. The Balaban J connectivity index is 3.02. The molecule has 3 heteroatoms. The van der Waals surface area contributed by atoms with Gasteiger partial charge in [0.1, 0.15) is 5.82 Å². The SMILES string of the molecule is CCc1cc(CN)cc(N)n1. The number of nitrogens with two attached hydrogens (primary N) is 2. The quantitative estimate of drug-likeness (QED) is 0.653. The molecule has 1 heterocycles. The van der Waals surface area contributed by atoms with E-state index in [2.05, 4.69) is 4.98 Å². The highest BCUT2D eigenvalue weighted by atomic mass is 14.8. The molecule has 60 valence electrons. The van der Waals surface area contributed by atoms with Gasteiger partial charge in [-0.25, -0.2) is 4.98 Å². The first-order valence-corrected chi connectivity index (χ1v) is 3.71. The van der Waals surface area contributed by atoms with Gasteiger partial charge in [0.25, 0.3) is 0 Å². The third-order valence-corrected chi connectivity index (χ3v) is 1.56. The molecule has 0 aromatic carbocycles. The zero-order chi connectivity index (χ0) is 8.27. The molecule has 0 aliphatic heterocycles. The van der Waals surface area contributed by atoms with E-state index in [1.807, 2.05) is 13.0 Å². The van der Waals surface area contributed by atoms with Crippen LogP contribution in [0.2, 0.25) is 0 Å². The van der Waals surface area contributed by atoms with Crippen molar-refractivity contribution in [2.24, 2.45) is 5.73 Å². The highest BCUT2D eigenvalue weighted by Crippen LogP contribution is 2.06. The Morgan fingerprint density at radius 1 is 1.45 bits per heavy atom. The predicted octanol–water partition coefficient (Wildman–Crippen LogP) is 0.685. The van der Waals surface area contributed by atoms with Crippen LogP contribution in [0.3, 0.4) is 0 Å². The zero-order valence-corrected chi connectivity index (χ0v) is 6.67. The van der Waals surface area contributed by atoms with Crippen molar-refractivity contribution in [3.05, 3.63) is 23.4 Å². The Bertz CT molecular complexity index is 223. The molecule has 0 spiro atoms. The largest absolute Gasteiger partial charge is 0.384 e. The van der Waals surface area contributed by atoms with Crippen molar-refractivity contribution in [3.8, 4) is 0 Å². The number of hydrogen-bond donors (Lipinski definition) is 2. The third-order valence-electron chi connectivity index (χ3n) is 1.56. The van der Waals surface area contributed by atoms with Crippen molar-refractivity contribution in [1.29, 1.82) is 0 Å². The maximum absolute atomic E-state index is 5.54. The fourth-order valence-corrected chi connectivity index (χ4v) is 0.975. The number of nitrogen functional groups attached to an aromatic ring is 1. The summed E-state index contributed by atoms with van der Waals surface area (Å²) in [6.45, 7) is 2.57. The molecule has 0 saturated carbocycles.